The van der Waals surface area contributed by atoms with Crippen LogP contribution in [-0.2, 0) is 0 Å². The predicted octanol–water partition coefficient (Wildman–Crippen LogP) is 5.72. The van der Waals surface area contributed by atoms with Crippen molar-refractivity contribution in [2.24, 2.45) is 0 Å². The Kier molecular flexibility index (Phi) is 6.69. The molecule has 0 fully saturated rings. The largest absolute Gasteiger partial charge is 0.493 e. The average molecular weight is 423 g/mol. The van der Waals surface area contributed by atoms with Crippen LogP contribution in [0.5, 0.6) is 11.6 Å². The summed E-state index contributed by atoms with van der Waals surface area (Å²) in [6, 6.07) is 15.9. The van der Waals surface area contributed by atoms with E-state index < -0.39 is 6.23 Å². The number of aromatic nitrogens is 3. The van der Waals surface area contributed by atoms with Crippen molar-refractivity contribution in [2.45, 2.75) is 44.5 Å². The zero-order valence-corrected chi connectivity index (χ0v) is 18.1. The number of fused-ring (bicyclic) bond motifs is 3. The van der Waals surface area contributed by atoms with Crippen LogP contribution in [0, 0.1) is 0 Å². The summed E-state index contributed by atoms with van der Waals surface area (Å²) in [5, 5.41) is 12.9. The number of nitrogens with zero attached hydrogens (tertiary/aromatic N) is 3. The van der Waals surface area contributed by atoms with Crippen LogP contribution < -0.4 is 14.8 Å². The lowest BCUT2D eigenvalue weighted by Gasteiger charge is -2.21. The van der Waals surface area contributed by atoms with E-state index in [1.165, 1.54) is 0 Å². The second-order valence-corrected chi connectivity index (χ2v) is 8.09. The van der Waals surface area contributed by atoms with Gasteiger partial charge in [-0.1, -0.05) is 62.4 Å². The molecule has 1 atom stereocenters. The monoisotopic (exact) mass is 422 g/mol. The van der Waals surface area contributed by atoms with Crippen LogP contribution in [0.2, 0.25) is 0 Å². The summed E-state index contributed by atoms with van der Waals surface area (Å²) in [6.07, 6.45) is 2.73. The summed E-state index contributed by atoms with van der Waals surface area (Å²) in [7, 11) is 0. The predicted molar refractivity (Wildman–Crippen MR) is 120 cm³/mol. The highest BCUT2D eigenvalue weighted by Crippen LogP contribution is 2.41. The van der Waals surface area contributed by atoms with Gasteiger partial charge in [0.2, 0.25) is 17.3 Å². The molecule has 0 aliphatic carbocycles. The molecule has 1 aliphatic heterocycles. The molecule has 0 amide bonds. The maximum atomic E-state index is 6.38. The third kappa shape index (κ3) is 4.51. The van der Waals surface area contributed by atoms with Crippen LogP contribution in [-0.4, -0.2) is 27.5 Å². The summed E-state index contributed by atoms with van der Waals surface area (Å²) in [5.41, 5.74) is 3.42. The molecule has 1 aliphatic rings. The fraction of sp³-hybridized carbons (Fsp3) is 0.348. The van der Waals surface area contributed by atoms with Gasteiger partial charge in [0.15, 0.2) is 5.69 Å². The second kappa shape index (κ2) is 9.80. The third-order valence-corrected chi connectivity index (χ3v) is 5.65. The number of unbranched alkanes of at least 4 members (excludes halogenated alkanes) is 1. The Balaban J connectivity index is 1.73. The Hall–Kier alpha value is -2.80. The number of anilines is 1. The Bertz CT molecular complexity index is 998. The van der Waals surface area contributed by atoms with Crippen molar-refractivity contribution in [1.29, 1.82) is 0 Å². The van der Waals surface area contributed by atoms with Crippen LogP contribution in [0.25, 0.3) is 11.3 Å². The van der Waals surface area contributed by atoms with Crippen LogP contribution in [0.4, 0.5) is 5.69 Å². The quantitative estimate of drug-likeness (QED) is 0.367. The van der Waals surface area contributed by atoms with Gasteiger partial charge in [0, 0.05) is 17.0 Å². The molecule has 0 unspecified atom stereocenters. The molecule has 2 aromatic carbocycles. The van der Waals surface area contributed by atoms with E-state index in [1.807, 2.05) is 48.5 Å². The van der Waals surface area contributed by atoms with E-state index >= 15 is 0 Å². The number of para-hydroxylation sites is 2. The minimum absolute atomic E-state index is 0.453. The van der Waals surface area contributed by atoms with E-state index in [-0.39, 0.29) is 0 Å². The van der Waals surface area contributed by atoms with Crippen molar-refractivity contribution < 1.29 is 9.47 Å². The second-order valence-electron chi connectivity index (χ2n) is 7.02. The fourth-order valence-electron chi connectivity index (χ4n) is 3.20. The maximum Gasteiger partial charge on any atom is 0.247 e. The molecular weight excluding hydrogens is 396 g/mol. The van der Waals surface area contributed by atoms with E-state index in [0.717, 1.165) is 47.6 Å². The molecule has 0 radical (unpaired) electrons. The van der Waals surface area contributed by atoms with Gasteiger partial charge in [-0.05, 0) is 31.0 Å². The molecule has 1 aromatic heterocycles. The average Bonchev–Trinajstić information content (AvgIpc) is 2.94. The molecule has 30 heavy (non-hydrogen) atoms. The summed E-state index contributed by atoms with van der Waals surface area (Å²) in [5.74, 6) is 2.25. The molecule has 7 heteroatoms. The molecule has 3 aromatic rings. The van der Waals surface area contributed by atoms with Gasteiger partial charge in [-0.3, -0.25) is 0 Å². The van der Waals surface area contributed by atoms with E-state index in [9.17, 15) is 0 Å². The molecule has 0 saturated heterocycles. The number of hydrogen-bond acceptors (Lipinski definition) is 7. The summed E-state index contributed by atoms with van der Waals surface area (Å²) in [4.78, 5) is 4.70. The highest BCUT2D eigenvalue weighted by atomic mass is 32.2. The Morgan fingerprint density at radius 2 is 1.87 bits per heavy atom. The number of nitrogens with one attached hydrogen (secondary N) is 1. The normalized spacial score (nSPS) is 14.7. The molecule has 4 rings (SSSR count). The van der Waals surface area contributed by atoms with E-state index in [0.29, 0.717) is 23.3 Å². The number of hydrogen-bond donors (Lipinski definition) is 1. The van der Waals surface area contributed by atoms with Crippen LogP contribution in [0.3, 0.4) is 0 Å². The van der Waals surface area contributed by atoms with Gasteiger partial charge in [0.05, 0.1) is 12.2 Å². The molecule has 0 bridgehead atoms. The van der Waals surface area contributed by atoms with Gasteiger partial charge < -0.3 is 14.8 Å². The van der Waals surface area contributed by atoms with Crippen LogP contribution in [0.1, 0.15) is 44.9 Å². The summed E-state index contributed by atoms with van der Waals surface area (Å²) in [6.45, 7) is 4.92. The fourth-order valence-corrected chi connectivity index (χ4v) is 4.06. The minimum Gasteiger partial charge on any atom is -0.493 e. The van der Waals surface area contributed by atoms with Gasteiger partial charge in [-0.15, -0.1) is 10.2 Å². The third-order valence-electron chi connectivity index (χ3n) is 4.73. The Morgan fingerprint density at radius 3 is 2.73 bits per heavy atom. The lowest BCUT2D eigenvalue weighted by Crippen LogP contribution is -2.18. The van der Waals surface area contributed by atoms with Crippen molar-refractivity contribution in [1.82, 2.24) is 15.2 Å². The van der Waals surface area contributed by atoms with Crippen molar-refractivity contribution in [3.63, 3.8) is 0 Å². The van der Waals surface area contributed by atoms with Crippen molar-refractivity contribution >= 4 is 17.4 Å². The molecule has 6 nitrogen and oxygen atoms in total. The summed E-state index contributed by atoms with van der Waals surface area (Å²) >= 11 is 1.61. The Morgan fingerprint density at radius 1 is 1.03 bits per heavy atom. The van der Waals surface area contributed by atoms with Crippen LogP contribution >= 0.6 is 11.8 Å². The maximum absolute atomic E-state index is 6.38. The van der Waals surface area contributed by atoms with Gasteiger partial charge >= 0.3 is 0 Å². The number of rotatable bonds is 8. The SMILES string of the molecule is CCCCSc1nnc2c(n1)O[C@@H](c1ccccc1OCCC)Nc1ccccc1-2. The lowest BCUT2D eigenvalue weighted by molar-refractivity contribution is 0.215. The number of thioether (sulfide) groups is 1. The molecule has 0 saturated carbocycles. The zero-order valence-electron chi connectivity index (χ0n) is 17.3. The first-order chi connectivity index (χ1) is 14.8. The van der Waals surface area contributed by atoms with Crippen molar-refractivity contribution in [2.75, 3.05) is 17.7 Å². The van der Waals surface area contributed by atoms with Gasteiger partial charge in [0.1, 0.15) is 5.75 Å². The van der Waals surface area contributed by atoms with E-state index in [2.05, 4.69) is 29.4 Å². The molecule has 0 spiro atoms. The minimum atomic E-state index is -0.453. The zero-order chi connectivity index (χ0) is 20.8. The van der Waals surface area contributed by atoms with Gasteiger partial charge in [0.25, 0.3) is 0 Å². The van der Waals surface area contributed by atoms with Gasteiger partial charge in [-0.2, -0.15) is 4.98 Å². The van der Waals surface area contributed by atoms with Crippen LogP contribution in [0.15, 0.2) is 53.7 Å². The molecule has 1 N–H and O–H groups in total. The molecule has 2 heterocycles. The number of ether oxygens (including phenoxy) is 2. The molecular formula is C23H26N4O2S. The highest BCUT2D eigenvalue weighted by Gasteiger charge is 2.27. The Labute approximate surface area is 181 Å². The van der Waals surface area contributed by atoms with Crippen molar-refractivity contribution in [3.8, 4) is 22.9 Å². The van der Waals surface area contributed by atoms with Crippen molar-refractivity contribution in [3.05, 3.63) is 54.1 Å². The van der Waals surface area contributed by atoms with Gasteiger partial charge in [-0.25, -0.2) is 0 Å². The first kappa shape index (κ1) is 20.5. The highest BCUT2D eigenvalue weighted by molar-refractivity contribution is 7.99. The topological polar surface area (TPSA) is 69.2 Å². The standard InChI is InChI=1S/C23H26N4O2S/c1-3-5-15-30-23-25-22-20(26-27-23)16-10-6-8-12-18(16)24-21(29-22)17-11-7-9-13-19(17)28-14-4-2/h6-13,21,24H,3-5,14-15H2,1-2H3/t21-/m0/s1. The smallest absolute Gasteiger partial charge is 0.247 e. The lowest BCUT2D eigenvalue weighted by atomic mass is 10.1. The first-order valence-corrected chi connectivity index (χ1v) is 11.4. The number of benzene rings is 2. The van der Waals surface area contributed by atoms with E-state index in [4.69, 9.17) is 14.5 Å². The first-order valence-electron chi connectivity index (χ1n) is 10.4. The van der Waals surface area contributed by atoms with E-state index in [1.54, 1.807) is 11.8 Å². The summed E-state index contributed by atoms with van der Waals surface area (Å²) < 4.78 is 12.3. The molecule has 156 valence electrons.